The van der Waals surface area contributed by atoms with E-state index in [9.17, 15) is 14.7 Å². The molecule has 0 bridgehead atoms. The van der Waals surface area contributed by atoms with Crippen LogP contribution in [0.2, 0.25) is 0 Å². The van der Waals surface area contributed by atoms with Gasteiger partial charge >= 0.3 is 5.97 Å². The molecule has 5 nitrogen and oxygen atoms in total. The van der Waals surface area contributed by atoms with Crippen molar-refractivity contribution in [3.05, 3.63) is 29.3 Å². The van der Waals surface area contributed by atoms with Gasteiger partial charge in [-0.2, -0.15) is 0 Å². The lowest BCUT2D eigenvalue weighted by molar-refractivity contribution is -0.153. The third-order valence-electron chi connectivity index (χ3n) is 2.00. The Bertz CT molecular complexity index is 399. The van der Waals surface area contributed by atoms with E-state index in [4.69, 9.17) is 5.11 Å². The molecule has 1 rings (SSSR count). The van der Waals surface area contributed by atoms with Crippen molar-refractivity contribution in [1.82, 2.24) is 0 Å². The number of aliphatic hydroxyl groups excluding tert-OH is 1. The minimum atomic E-state index is -1.51. The molecule has 1 aromatic carbocycles. The Morgan fingerprint density at radius 2 is 2.25 bits per heavy atom. The zero-order valence-electron chi connectivity index (χ0n) is 8.71. The molecule has 0 aliphatic heterocycles. The molecule has 1 aromatic rings. The summed E-state index contributed by atoms with van der Waals surface area (Å²) in [5.41, 5.74) is 0.173. The average Bonchev–Trinajstić information content (AvgIpc) is 2.28. The van der Waals surface area contributed by atoms with Gasteiger partial charge in [-0.1, -0.05) is 6.07 Å². The highest BCUT2D eigenvalue weighted by atomic mass is 16.5. The first-order chi connectivity index (χ1) is 7.60. The zero-order chi connectivity index (χ0) is 12.1. The normalized spacial score (nSPS) is 11.9. The first-order valence-corrected chi connectivity index (χ1v) is 4.73. The topological polar surface area (TPSA) is 83.8 Å². The molecule has 1 unspecified atom stereocenters. The number of benzene rings is 1. The molecule has 2 N–H and O–H groups in total. The minimum Gasteiger partial charge on any atom is -0.508 e. The molecule has 1 atom stereocenters. The van der Waals surface area contributed by atoms with Gasteiger partial charge in [0.05, 0.1) is 6.61 Å². The van der Waals surface area contributed by atoms with Crippen LogP contribution in [0.3, 0.4) is 0 Å². The number of rotatable bonds is 4. The maximum Gasteiger partial charge on any atom is 0.339 e. The number of hydrogen-bond donors (Lipinski definition) is 2. The predicted octanol–water partition coefficient (Wildman–Crippen LogP) is 0.801. The van der Waals surface area contributed by atoms with Crippen molar-refractivity contribution in [2.45, 2.75) is 13.0 Å². The summed E-state index contributed by atoms with van der Waals surface area (Å²) >= 11 is 0. The van der Waals surface area contributed by atoms with Gasteiger partial charge in [0.1, 0.15) is 5.75 Å². The number of aldehydes is 1. The number of aliphatic hydroxyl groups is 1. The summed E-state index contributed by atoms with van der Waals surface area (Å²) in [7, 11) is 0. The Hall–Kier alpha value is -1.88. The summed E-state index contributed by atoms with van der Waals surface area (Å²) < 4.78 is 4.62. The van der Waals surface area contributed by atoms with Crippen LogP contribution in [-0.4, -0.2) is 29.1 Å². The van der Waals surface area contributed by atoms with Crippen molar-refractivity contribution in [2.24, 2.45) is 0 Å². The Kier molecular flexibility index (Phi) is 4.02. The van der Waals surface area contributed by atoms with Gasteiger partial charge in [0, 0.05) is 11.1 Å². The summed E-state index contributed by atoms with van der Waals surface area (Å²) in [6.07, 6.45) is -1.06. The molecular weight excluding hydrogens is 212 g/mol. The summed E-state index contributed by atoms with van der Waals surface area (Å²) in [6.45, 7) is 1.76. The van der Waals surface area contributed by atoms with Crippen LogP contribution in [0.5, 0.6) is 5.75 Å². The number of phenolic OH excluding ortho intramolecular Hbond substituents is 1. The Morgan fingerprint density at radius 1 is 1.56 bits per heavy atom. The first-order valence-electron chi connectivity index (χ1n) is 4.73. The SMILES string of the molecule is CCOC(=O)C(O)c1ccc(O)cc1C=O. The highest BCUT2D eigenvalue weighted by molar-refractivity contribution is 5.84. The third-order valence-corrected chi connectivity index (χ3v) is 2.00. The van der Waals surface area contributed by atoms with Crippen molar-refractivity contribution in [2.75, 3.05) is 6.61 Å². The molecule has 0 fully saturated rings. The van der Waals surface area contributed by atoms with Crippen molar-refractivity contribution in [3.63, 3.8) is 0 Å². The quantitative estimate of drug-likeness (QED) is 0.583. The van der Waals surface area contributed by atoms with Gasteiger partial charge in [0.2, 0.25) is 0 Å². The fraction of sp³-hybridized carbons (Fsp3) is 0.273. The summed E-state index contributed by atoms with van der Waals surface area (Å²) in [5.74, 6) is -0.932. The van der Waals surface area contributed by atoms with Crippen LogP contribution >= 0.6 is 0 Å². The van der Waals surface area contributed by atoms with Gasteiger partial charge < -0.3 is 14.9 Å². The summed E-state index contributed by atoms with van der Waals surface area (Å²) in [4.78, 5) is 21.9. The Morgan fingerprint density at radius 3 is 2.81 bits per heavy atom. The number of aromatic hydroxyl groups is 1. The van der Waals surface area contributed by atoms with E-state index < -0.39 is 12.1 Å². The van der Waals surface area contributed by atoms with Gasteiger partial charge in [-0.15, -0.1) is 0 Å². The van der Waals surface area contributed by atoms with Crippen LogP contribution in [0.15, 0.2) is 18.2 Å². The molecule has 0 aromatic heterocycles. The fourth-order valence-electron chi connectivity index (χ4n) is 1.26. The average molecular weight is 224 g/mol. The zero-order valence-corrected chi connectivity index (χ0v) is 8.71. The van der Waals surface area contributed by atoms with E-state index in [1.165, 1.54) is 18.2 Å². The molecule has 0 aliphatic carbocycles. The molecule has 0 amide bonds. The second kappa shape index (κ2) is 5.27. The molecule has 0 saturated heterocycles. The maximum atomic E-state index is 11.2. The van der Waals surface area contributed by atoms with Crippen molar-refractivity contribution < 1.29 is 24.5 Å². The lowest BCUT2D eigenvalue weighted by Gasteiger charge is -2.11. The van der Waals surface area contributed by atoms with Gasteiger partial charge in [0.15, 0.2) is 12.4 Å². The summed E-state index contributed by atoms with van der Waals surface area (Å²) in [6, 6.07) is 3.76. The highest BCUT2D eigenvalue weighted by Crippen LogP contribution is 2.22. The molecule has 16 heavy (non-hydrogen) atoms. The van der Waals surface area contributed by atoms with Gasteiger partial charge in [0.25, 0.3) is 0 Å². The largest absolute Gasteiger partial charge is 0.508 e. The van der Waals surface area contributed by atoms with Crippen LogP contribution < -0.4 is 0 Å². The van der Waals surface area contributed by atoms with Crippen LogP contribution in [0.4, 0.5) is 0 Å². The van der Waals surface area contributed by atoms with Crippen LogP contribution in [0.1, 0.15) is 28.9 Å². The monoisotopic (exact) mass is 224 g/mol. The summed E-state index contributed by atoms with van der Waals surface area (Å²) in [5, 5.41) is 18.7. The van der Waals surface area contributed by atoms with Crippen LogP contribution in [0.25, 0.3) is 0 Å². The van der Waals surface area contributed by atoms with Gasteiger partial charge in [-0.25, -0.2) is 4.79 Å². The molecule has 0 heterocycles. The van der Waals surface area contributed by atoms with E-state index in [0.29, 0.717) is 6.29 Å². The van der Waals surface area contributed by atoms with E-state index in [1.807, 2.05) is 0 Å². The second-order valence-corrected chi connectivity index (χ2v) is 3.09. The van der Waals surface area contributed by atoms with Crippen LogP contribution in [-0.2, 0) is 9.53 Å². The Balaban J connectivity index is 3.03. The van der Waals surface area contributed by atoms with Gasteiger partial charge in [-0.3, -0.25) is 4.79 Å². The molecule has 0 spiro atoms. The number of carbonyl (C=O) groups excluding carboxylic acids is 2. The van der Waals surface area contributed by atoms with Crippen LogP contribution in [0, 0.1) is 0 Å². The molecule has 0 aliphatic rings. The number of esters is 1. The lowest BCUT2D eigenvalue weighted by atomic mass is 10.0. The van der Waals surface area contributed by atoms with E-state index in [1.54, 1.807) is 6.92 Å². The molecule has 5 heteroatoms. The van der Waals surface area contributed by atoms with Crippen molar-refractivity contribution in [1.29, 1.82) is 0 Å². The molecule has 0 saturated carbocycles. The number of ether oxygens (including phenoxy) is 1. The van der Waals surface area contributed by atoms with E-state index in [-0.39, 0.29) is 23.5 Å². The fourth-order valence-corrected chi connectivity index (χ4v) is 1.26. The van der Waals surface area contributed by atoms with E-state index in [2.05, 4.69) is 4.74 Å². The molecule has 86 valence electrons. The first kappa shape index (κ1) is 12.2. The number of carbonyl (C=O) groups is 2. The minimum absolute atomic E-state index is 0.0561. The molecule has 0 radical (unpaired) electrons. The van der Waals surface area contributed by atoms with E-state index in [0.717, 1.165) is 0 Å². The second-order valence-electron chi connectivity index (χ2n) is 3.09. The Labute approximate surface area is 92.3 Å². The lowest BCUT2D eigenvalue weighted by Crippen LogP contribution is -2.16. The number of hydrogen-bond acceptors (Lipinski definition) is 5. The number of phenols is 1. The maximum absolute atomic E-state index is 11.2. The smallest absolute Gasteiger partial charge is 0.339 e. The van der Waals surface area contributed by atoms with Gasteiger partial charge in [-0.05, 0) is 19.1 Å². The molecular formula is C11H12O5. The van der Waals surface area contributed by atoms with E-state index >= 15 is 0 Å². The van der Waals surface area contributed by atoms with Crippen molar-refractivity contribution in [3.8, 4) is 5.75 Å². The standard InChI is InChI=1S/C11H12O5/c1-2-16-11(15)10(14)9-4-3-8(13)5-7(9)6-12/h3-6,10,13-14H,2H2,1H3. The third kappa shape index (κ3) is 2.58. The highest BCUT2D eigenvalue weighted by Gasteiger charge is 2.21. The van der Waals surface area contributed by atoms with Crippen molar-refractivity contribution >= 4 is 12.3 Å². The predicted molar refractivity (Wildman–Crippen MR) is 55.1 cm³/mol.